The second-order valence-electron chi connectivity index (χ2n) is 24.7. The molecule has 1 rings (SSSR count). The molecule has 0 heterocycles. The van der Waals surface area contributed by atoms with Crippen LogP contribution in [-0.2, 0) is 105 Å². The van der Waals surface area contributed by atoms with Gasteiger partial charge in [-0.05, 0) is 129 Å². The first kappa shape index (κ1) is 117. The summed E-state index contributed by atoms with van der Waals surface area (Å²) < 4.78 is 488. The largest absolute Gasteiger partial charge is 0.439 e. The van der Waals surface area contributed by atoms with Crippen LogP contribution in [0.2, 0.25) is 0 Å². The standard InChI is InChI=1S/C15H18F5NO2.C10H21NO2.C10H22O4S.C8H11F6NO5S2.C8H13F6NO4S2.C6H8F6O5S2/c1-8(2)23-6-4-3-5-10(22)21-7-9-11(16)13(18)15(20)14(19)12(9)17;1-4-11-10(12)7-5-6-8-13-9(2)3;1-10(2)14-8-6-4-3-5-7-9-15(11,12)13;1-4(2)21(17,18)7(11,12)6(9,10)8(13,14)22(19,20)15-5(3)16;1-4-15-21(18,19)8(13,14)6(9,10)7(11,12)20(16,17)5(2)3;1-3(2)18(13,14)5(9,10)4(7,8)6(11,12)19(15,16)17/h8H,3-7H2,1-2H3,(H,21,22);9H,4-8H2,1-3H3,(H,11,12);10H,3-9H2,1-2H3,(H,11,12,13);4H,1-3H3,(H,15,16);5,15H,4H2,1-3H3;3H,1-2H3,(H,15,16,17). The molecule has 0 saturated heterocycles. The Morgan fingerprint density at radius 2 is 0.646 bits per heavy atom. The molecule has 56 heteroatoms. The van der Waals surface area contributed by atoms with Crippen LogP contribution in [-0.4, -0.2) is 208 Å². The van der Waals surface area contributed by atoms with Crippen molar-refractivity contribution in [3.05, 3.63) is 34.6 Å². The van der Waals surface area contributed by atoms with Gasteiger partial charge in [-0.3, -0.25) is 23.5 Å². The van der Waals surface area contributed by atoms with E-state index in [4.69, 9.17) is 23.3 Å². The van der Waals surface area contributed by atoms with Gasteiger partial charge in [-0.2, -0.15) is 104 Å². The summed E-state index contributed by atoms with van der Waals surface area (Å²) in [6, 6.07) is 0. The summed E-state index contributed by atoms with van der Waals surface area (Å²) in [6.07, 6.45) is 8.79. The second kappa shape index (κ2) is 46.7. The van der Waals surface area contributed by atoms with Gasteiger partial charge >= 0.3 is 69.4 Å². The molecule has 6 N–H and O–H groups in total. The smallest absolute Gasteiger partial charge is 0.379 e. The maximum absolute atomic E-state index is 13.4. The zero-order valence-electron chi connectivity index (χ0n) is 62.8. The summed E-state index contributed by atoms with van der Waals surface area (Å²) in [5, 5.41) is -40.3. The van der Waals surface area contributed by atoms with Crippen LogP contribution in [0.3, 0.4) is 0 Å². The molecule has 0 fully saturated rings. The molecule has 1 aromatic rings. The Bertz CT molecular complexity index is 3970. The second-order valence-corrected chi connectivity index (χ2v) is 39.0. The molecule has 676 valence electrons. The van der Waals surface area contributed by atoms with Gasteiger partial charge in [0.1, 0.15) is 0 Å². The molecule has 26 nitrogen and oxygen atoms in total. The summed E-state index contributed by atoms with van der Waals surface area (Å²) in [5.41, 5.74) is -1.06. The number of benzene rings is 1. The Balaban J connectivity index is -0.000000417. The van der Waals surface area contributed by atoms with Crippen molar-refractivity contribution in [2.24, 2.45) is 0 Å². The molecule has 3 amide bonds. The number of unbranched alkanes of at least 4 members (excludes halogenated alkanes) is 6. The first-order valence-electron chi connectivity index (χ1n) is 32.6. The number of ether oxygens (including phenoxy) is 3. The van der Waals surface area contributed by atoms with Crippen molar-refractivity contribution >= 4 is 87.5 Å². The Hall–Kier alpha value is -4.57. The van der Waals surface area contributed by atoms with Crippen molar-refractivity contribution in [1.29, 1.82) is 0 Å². The highest BCUT2D eigenvalue weighted by atomic mass is 32.2. The number of sulfonamides is 2. The van der Waals surface area contributed by atoms with E-state index in [1.165, 1.54) is 0 Å². The first-order chi connectivity index (χ1) is 50.1. The molecule has 0 radical (unpaired) electrons. The summed E-state index contributed by atoms with van der Waals surface area (Å²) in [7, 11) is -41.9. The molecule has 0 saturated carbocycles. The highest BCUT2D eigenvalue weighted by Gasteiger charge is 2.84. The van der Waals surface area contributed by atoms with Crippen LogP contribution in [0.5, 0.6) is 0 Å². The molecular formula is C57H93F23N4O22S7. The van der Waals surface area contributed by atoms with Crippen LogP contribution in [0.1, 0.15) is 180 Å². The van der Waals surface area contributed by atoms with Crippen LogP contribution in [0, 0.1) is 29.1 Å². The van der Waals surface area contributed by atoms with E-state index in [1.54, 1.807) is 0 Å². The van der Waals surface area contributed by atoms with Crippen LogP contribution in [0.15, 0.2) is 0 Å². The minimum atomic E-state index is -6.96. The fraction of sp³-hybridized carbons (Fsp3) is 0.842. The topological polar surface area (TPSA) is 406 Å². The van der Waals surface area contributed by atoms with E-state index in [-0.39, 0.29) is 30.3 Å². The van der Waals surface area contributed by atoms with Gasteiger partial charge in [0.05, 0.1) is 39.8 Å². The van der Waals surface area contributed by atoms with Gasteiger partial charge in [0, 0.05) is 64.8 Å². The SMILES string of the molecule is CC(=O)NS(=O)(=O)C(F)(F)C(F)(F)C(F)(F)S(=O)(=O)C(C)C.CC(C)OCCCCC(=O)NCc1c(F)c(F)c(F)c(F)c1F.CC(C)OCCCCCCCS(=O)(=O)O.CC(C)S(=O)(=O)C(F)(F)C(F)(F)C(F)(F)S(=O)(=O)O.CCNC(=O)CCCCOC(C)C.CCNS(=O)(=O)C(F)(F)C(F)(F)C(F)(F)S(=O)(=O)C(C)C. The zero-order valence-corrected chi connectivity index (χ0v) is 68.5. The van der Waals surface area contributed by atoms with Crippen LogP contribution >= 0.6 is 0 Å². The van der Waals surface area contributed by atoms with Gasteiger partial charge in [-0.15, -0.1) is 0 Å². The van der Waals surface area contributed by atoms with Gasteiger partial charge in [-0.1, -0.05) is 26.2 Å². The number of hydrogen-bond donors (Lipinski definition) is 6. The molecule has 0 atom stereocenters. The van der Waals surface area contributed by atoms with Crippen LogP contribution in [0.25, 0.3) is 0 Å². The molecule has 0 unspecified atom stereocenters. The van der Waals surface area contributed by atoms with Gasteiger partial charge < -0.3 is 24.8 Å². The molecule has 0 aromatic heterocycles. The average molecular weight is 1850 g/mol. The highest BCUT2D eigenvalue weighted by Crippen LogP contribution is 2.54. The lowest BCUT2D eigenvalue weighted by molar-refractivity contribution is -0.245. The number of carbonyl (C=O) groups is 3. The maximum atomic E-state index is 13.4. The minimum Gasteiger partial charge on any atom is -0.379 e. The number of hydrogen-bond acceptors (Lipinski definition) is 20. The molecule has 0 aliphatic carbocycles. The average Bonchev–Trinajstić information content (AvgIpc) is 0.731. The quantitative estimate of drug-likeness (QED) is 0.0116. The van der Waals surface area contributed by atoms with Crippen molar-refractivity contribution in [3.8, 4) is 0 Å². The third-order valence-electron chi connectivity index (χ3n) is 13.4. The first-order valence-corrected chi connectivity index (χ1v) is 43.2. The van der Waals surface area contributed by atoms with E-state index in [0.29, 0.717) is 91.6 Å². The Morgan fingerprint density at radius 1 is 0.372 bits per heavy atom. The molecule has 0 spiro atoms. The summed E-state index contributed by atoms with van der Waals surface area (Å²) >= 11 is 0. The van der Waals surface area contributed by atoms with E-state index < -0.39 is 194 Å². The van der Waals surface area contributed by atoms with Crippen LogP contribution < -0.4 is 20.1 Å². The fourth-order valence-corrected chi connectivity index (χ4v) is 13.4. The molecule has 1 aromatic carbocycles. The van der Waals surface area contributed by atoms with Crippen molar-refractivity contribution in [1.82, 2.24) is 20.1 Å². The van der Waals surface area contributed by atoms with Gasteiger partial charge in [-0.25, -0.2) is 65.1 Å². The summed E-state index contributed by atoms with van der Waals surface area (Å²) in [5.74, 6) is -32.8. The highest BCUT2D eigenvalue weighted by molar-refractivity contribution is 7.94. The Labute approximate surface area is 640 Å². The zero-order chi connectivity index (χ0) is 91.3. The molecular weight excluding hydrogens is 1750 g/mol. The number of alkyl halides is 18. The third kappa shape index (κ3) is 32.9. The van der Waals surface area contributed by atoms with E-state index in [2.05, 4.69) is 10.6 Å². The summed E-state index contributed by atoms with van der Waals surface area (Å²) in [4.78, 5) is 32.9. The number of rotatable bonds is 42. The number of sulfone groups is 3. The van der Waals surface area contributed by atoms with E-state index in [1.807, 2.05) is 48.5 Å². The molecule has 0 bridgehead atoms. The van der Waals surface area contributed by atoms with Crippen molar-refractivity contribution in [2.45, 2.75) is 264 Å². The number of carbonyl (C=O) groups excluding carboxylic acids is 3. The van der Waals surface area contributed by atoms with Crippen molar-refractivity contribution in [3.63, 3.8) is 0 Å². The van der Waals surface area contributed by atoms with E-state index in [0.717, 1.165) is 69.9 Å². The number of amides is 3. The third-order valence-corrected chi connectivity index (χ3v) is 24.8. The lowest BCUT2D eigenvalue weighted by atomic mass is 10.1. The van der Waals surface area contributed by atoms with Gasteiger partial charge in [0.2, 0.25) is 53.1 Å². The monoisotopic (exact) mass is 1850 g/mol. The van der Waals surface area contributed by atoms with Gasteiger partial charge in [0.15, 0.2) is 23.3 Å². The van der Waals surface area contributed by atoms with E-state index >= 15 is 0 Å². The Morgan fingerprint density at radius 3 is 0.920 bits per heavy atom. The Kier molecular flexibility index (Phi) is 48.3. The van der Waals surface area contributed by atoms with Crippen molar-refractivity contribution < 1.29 is 198 Å². The lowest BCUT2D eigenvalue weighted by Gasteiger charge is -2.32. The number of nitrogens with one attached hydrogen (secondary N) is 4. The van der Waals surface area contributed by atoms with E-state index in [9.17, 15) is 174 Å². The van der Waals surface area contributed by atoms with Crippen LogP contribution in [0.4, 0.5) is 101 Å². The maximum Gasteiger partial charge on any atom is 0.439 e. The predicted octanol–water partition coefficient (Wildman–Crippen LogP) is 11.7. The molecule has 0 aliphatic rings. The minimum absolute atomic E-state index is 0.0663. The molecule has 0 aliphatic heterocycles. The van der Waals surface area contributed by atoms with Gasteiger partial charge in [0.25, 0.3) is 20.1 Å². The summed E-state index contributed by atoms with van der Waals surface area (Å²) in [6.45, 7) is 19.4. The predicted molar refractivity (Wildman–Crippen MR) is 361 cm³/mol. The lowest BCUT2D eigenvalue weighted by Crippen LogP contribution is -2.63. The van der Waals surface area contributed by atoms with Crippen molar-refractivity contribution in [2.75, 3.05) is 38.7 Å². The fourth-order valence-electron chi connectivity index (χ4n) is 6.98. The number of halogens is 23. The molecule has 113 heavy (non-hydrogen) atoms. The normalized spacial score (nSPS) is 13.6.